The summed E-state index contributed by atoms with van der Waals surface area (Å²) >= 11 is 0. The van der Waals surface area contributed by atoms with Gasteiger partial charge in [0.05, 0.1) is 12.5 Å². The Kier molecular flexibility index (Phi) is 5.20. The van der Waals surface area contributed by atoms with Crippen molar-refractivity contribution in [1.82, 2.24) is 0 Å². The molecule has 2 unspecified atom stereocenters. The van der Waals surface area contributed by atoms with Gasteiger partial charge in [-0.1, -0.05) is 6.42 Å². The number of rotatable bonds is 5. The Hall–Kier alpha value is -2.04. The molecule has 1 amide bonds. The number of amides is 1. The smallest absolute Gasteiger partial charge is 0.308 e. The van der Waals surface area contributed by atoms with E-state index in [1.807, 2.05) is 19.1 Å². The van der Waals surface area contributed by atoms with Gasteiger partial charge in [-0.05, 0) is 50.5 Å². The van der Waals surface area contributed by atoms with Gasteiger partial charge in [0.1, 0.15) is 0 Å². The second-order valence-electron chi connectivity index (χ2n) is 5.40. The van der Waals surface area contributed by atoms with E-state index in [0.29, 0.717) is 12.2 Å². The van der Waals surface area contributed by atoms with Crippen LogP contribution in [0.5, 0.6) is 0 Å². The first-order valence-corrected chi connectivity index (χ1v) is 7.43. The minimum atomic E-state index is -0.429. The maximum atomic E-state index is 11.8. The van der Waals surface area contributed by atoms with E-state index in [1.165, 1.54) is 0 Å². The molecule has 21 heavy (non-hydrogen) atoms. The fourth-order valence-electron chi connectivity index (χ4n) is 2.76. The average molecular weight is 290 g/mol. The van der Waals surface area contributed by atoms with Crippen molar-refractivity contribution in [1.29, 1.82) is 0 Å². The molecule has 1 saturated carbocycles. The largest absolute Gasteiger partial charge is 0.466 e. The number of nitrogens with two attached hydrogens (primary N) is 1. The molecule has 5 heteroatoms. The summed E-state index contributed by atoms with van der Waals surface area (Å²) in [5.74, 6) is -0.532. The van der Waals surface area contributed by atoms with Crippen LogP contribution in [0.25, 0.3) is 0 Å². The molecule has 0 aliphatic heterocycles. The van der Waals surface area contributed by atoms with Crippen molar-refractivity contribution < 1.29 is 14.3 Å². The van der Waals surface area contributed by atoms with Gasteiger partial charge in [-0.25, -0.2) is 0 Å². The Morgan fingerprint density at radius 3 is 2.62 bits per heavy atom. The fraction of sp³-hybridized carbons (Fsp3) is 0.500. The van der Waals surface area contributed by atoms with Crippen molar-refractivity contribution in [3.05, 3.63) is 29.8 Å². The van der Waals surface area contributed by atoms with Gasteiger partial charge in [0, 0.05) is 17.3 Å². The van der Waals surface area contributed by atoms with Crippen LogP contribution in [-0.4, -0.2) is 24.5 Å². The lowest BCUT2D eigenvalue weighted by Crippen LogP contribution is -2.32. The van der Waals surface area contributed by atoms with E-state index in [9.17, 15) is 9.59 Å². The van der Waals surface area contributed by atoms with Crippen LogP contribution >= 0.6 is 0 Å². The lowest BCUT2D eigenvalue weighted by molar-refractivity contribution is -0.149. The van der Waals surface area contributed by atoms with E-state index in [1.54, 1.807) is 12.1 Å². The van der Waals surface area contributed by atoms with Crippen LogP contribution < -0.4 is 11.1 Å². The van der Waals surface area contributed by atoms with Crippen LogP contribution in [0.4, 0.5) is 5.69 Å². The Morgan fingerprint density at radius 1 is 1.29 bits per heavy atom. The minimum Gasteiger partial charge on any atom is -0.466 e. The van der Waals surface area contributed by atoms with Gasteiger partial charge in [-0.2, -0.15) is 0 Å². The van der Waals surface area contributed by atoms with E-state index < -0.39 is 5.91 Å². The maximum absolute atomic E-state index is 11.8. The lowest BCUT2D eigenvalue weighted by atomic mass is 9.85. The summed E-state index contributed by atoms with van der Waals surface area (Å²) in [6.45, 7) is 2.26. The Morgan fingerprint density at radius 2 is 2.00 bits per heavy atom. The molecule has 1 aromatic rings. The molecule has 1 aromatic carbocycles. The molecule has 2 rings (SSSR count). The number of benzene rings is 1. The quantitative estimate of drug-likeness (QED) is 0.815. The topological polar surface area (TPSA) is 81.4 Å². The van der Waals surface area contributed by atoms with Crippen molar-refractivity contribution in [2.45, 2.75) is 38.6 Å². The molecule has 0 heterocycles. The molecule has 0 radical (unpaired) electrons. The van der Waals surface area contributed by atoms with Crippen molar-refractivity contribution in [2.24, 2.45) is 11.7 Å². The predicted molar refractivity (Wildman–Crippen MR) is 81.0 cm³/mol. The Bertz CT molecular complexity index is 499. The predicted octanol–water partition coefficient (Wildman–Crippen LogP) is 2.32. The zero-order chi connectivity index (χ0) is 15.2. The van der Waals surface area contributed by atoms with Gasteiger partial charge in [0.25, 0.3) is 0 Å². The molecule has 5 nitrogen and oxygen atoms in total. The van der Waals surface area contributed by atoms with E-state index in [4.69, 9.17) is 10.5 Å². The average Bonchev–Trinajstić information content (AvgIpc) is 2.48. The third-order valence-electron chi connectivity index (χ3n) is 3.83. The number of anilines is 1. The SMILES string of the molecule is CCOC(=O)C1CCCC(Nc2ccc(C(N)=O)cc2)C1. The molecule has 0 bridgehead atoms. The highest BCUT2D eigenvalue weighted by molar-refractivity contribution is 5.93. The summed E-state index contributed by atoms with van der Waals surface area (Å²) in [6, 6.07) is 7.35. The standard InChI is InChI=1S/C16H22N2O3/c1-2-21-16(20)12-4-3-5-14(10-12)18-13-8-6-11(7-9-13)15(17)19/h6-9,12,14,18H,2-5,10H2,1H3,(H2,17,19). The zero-order valence-electron chi connectivity index (χ0n) is 12.3. The third-order valence-corrected chi connectivity index (χ3v) is 3.83. The van der Waals surface area contributed by atoms with Gasteiger partial charge in [-0.15, -0.1) is 0 Å². The van der Waals surface area contributed by atoms with Gasteiger partial charge < -0.3 is 15.8 Å². The summed E-state index contributed by atoms with van der Waals surface area (Å²) < 4.78 is 5.10. The van der Waals surface area contributed by atoms with Gasteiger partial charge in [-0.3, -0.25) is 9.59 Å². The monoisotopic (exact) mass is 290 g/mol. The fourth-order valence-corrected chi connectivity index (χ4v) is 2.76. The summed E-state index contributed by atoms with van der Waals surface area (Å²) in [4.78, 5) is 22.8. The second kappa shape index (κ2) is 7.11. The molecule has 0 aromatic heterocycles. The molecule has 1 fully saturated rings. The molecule has 0 saturated heterocycles. The molecular weight excluding hydrogens is 268 g/mol. The first kappa shape index (κ1) is 15.4. The van der Waals surface area contributed by atoms with Crippen molar-refractivity contribution in [3.63, 3.8) is 0 Å². The van der Waals surface area contributed by atoms with Crippen LogP contribution in [0.2, 0.25) is 0 Å². The van der Waals surface area contributed by atoms with Gasteiger partial charge in [0.15, 0.2) is 0 Å². The van der Waals surface area contributed by atoms with E-state index in [0.717, 1.165) is 31.4 Å². The number of esters is 1. The highest BCUT2D eigenvalue weighted by atomic mass is 16.5. The van der Waals surface area contributed by atoms with E-state index >= 15 is 0 Å². The highest BCUT2D eigenvalue weighted by Gasteiger charge is 2.28. The molecular formula is C16H22N2O3. The summed E-state index contributed by atoms with van der Waals surface area (Å²) in [7, 11) is 0. The molecule has 1 aliphatic carbocycles. The van der Waals surface area contributed by atoms with Crippen LogP contribution in [-0.2, 0) is 9.53 Å². The lowest BCUT2D eigenvalue weighted by Gasteiger charge is -2.29. The number of hydrogen-bond acceptors (Lipinski definition) is 4. The minimum absolute atomic E-state index is 0.0129. The number of nitrogens with one attached hydrogen (secondary N) is 1. The number of ether oxygens (including phenoxy) is 1. The molecule has 0 spiro atoms. The third kappa shape index (κ3) is 4.21. The van der Waals surface area contributed by atoms with Crippen LogP contribution in [0, 0.1) is 5.92 Å². The first-order chi connectivity index (χ1) is 10.1. The van der Waals surface area contributed by atoms with E-state index in [2.05, 4.69) is 5.32 Å². The highest BCUT2D eigenvalue weighted by Crippen LogP contribution is 2.27. The van der Waals surface area contributed by atoms with Crippen LogP contribution in [0.1, 0.15) is 43.0 Å². The normalized spacial score (nSPS) is 21.6. The van der Waals surface area contributed by atoms with Gasteiger partial charge >= 0.3 is 5.97 Å². The molecule has 3 N–H and O–H groups in total. The van der Waals surface area contributed by atoms with Crippen molar-refractivity contribution >= 4 is 17.6 Å². The molecule has 2 atom stereocenters. The van der Waals surface area contributed by atoms with Crippen molar-refractivity contribution in [2.75, 3.05) is 11.9 Å². The van der Waals surface area contributed by atoms with Gasteiger partial charge in [0.2, 0.25) is 5.91 Å². The molecule has 1 aliphatic rings. The Labute approximate surface area is 124 Å². The number of hydrogen-bond donors (Lipinski definition) is 2. The second-order valence-corrected chi connectivity index (χ2v) is 5.40. The number of carbonyl (C=O) groups is 2. The van der Waals surface area contributed by atoms with Crippen molar-refractivity contribution in [3.8, 4) is 0 Å². The summed E-state index contributed by atoms with van der Waals surface area (Å²) in [6.07, 6.45) is 3.74. The first-order valence-electron chi connectivity index (χ1n) is 7.43. The molecule has 114 valence electrons. The maximum Gasteiger partial charge on any atom is 0.308 e. The number of carbonyl (C=O) groups excluding carboxylic acids is 2. The van der Waals surface area contributed by atoms with Crippen LogP contribution in [0.3, 0.4) is 0 Å². The Balaban J connectivity index is 1.93. The number of primary amides is 1. The summed E-state index contributed by atoms with van der Waals surface area (Å²) in [5.41, 5.74) is 6.65. The van der Waals surface area contributed by atoms with Crippen LogP contribution in [0.15, 0.2) is 24.3 Å². The summed E-state index contributed by atoms with van der Waals surface area (Å²) in [5, 5.41) is 3.41. The zero-order valence-corrected chi connectivity index (χ0v) is 12.3. The van der Waals surface area contributed by atoms with E-state index in [-0.39, 0.29) is 17.9 Å².